The molecule has 1 unspecified atom stereocenters. The highest BCUT2D eigenvalue weighted by Crippen LogP contribution is 2.24. The van der Waals surface area contributed by atoms with Crippen molar-refractivity contribution in [2.75, 3.05) is 31.9 Å². The fourth-order valence-corrected chi connectivity index (χ4v) is 3.40. The molecule has 0 aromatic carbocycles. The molecule has 3 heteroatoms. The SMILES string of the molecule is CCC=CN1CCN(C2=CCC(SCC)C=C2)CC1. The Labute approximate surface area is 122 Å². The van der Waals surface area contributed by atoms with Crippen LogP contribution in [0.25, 0.3) is 0 Å². The molecule has 1 saturated heterocycles. The lowest BCUT2D eigenvalue weighted by Crippen LogP contribution is -2.43. The topological polar surface area (TPSA) is 6.48 Å². The normalized spacial score (nSPS) is 24.1. The third-order valence-electron chi connectivity index (χ3n) is 3.65. The van der Waals surface area contributed by atoms with Crippen LogP contribution in [0.3, 0.4) is 0 Å². The first-order chi connectivity index (χ1) is 9.33. The van der Waals surface area contributed by atoms with Crippen molar-refractivity contribution >= 4 is 11.8 Å². The van der Waals surface area contributed by atoms with Crippen LogP contribution in [0.15, 0.2) is 36.2 Å². The van der Waals surface area contributed by atoms with E-state index in [4.69, 9.17) is 0 Å². The van der Waals surface area contributed by atoms with Crippen molar-refractivity contribution < 1.29 is 0 Å². The highest BCUT2D eigenvalue weighted by atomic mass is 32.2. The zero-order valence-corrected chi connectivity index (χ0v) is 13.0. The molecule has 106 valence electrons. The van der Waals surface area contributed by atoms with Crippen LogP contribution >= 0.6 is 11.8 Å². The predicted molar refractivity (Wildman–Crippen MR) is 86.3 cm³/mol. The minimum atomic E-state index is 0.697. The van der Waals surface area contributed by atoms with Crippen LogP contribution in [0.5, 0.6) is 0 Å². The molecule has 1 aliphatic carbocycles. The van der Waals surface area contributed by atoms with Crippen molar-refractivity contribution in [1.82, 2.24) is 9.80 Å². The summed E-state index contributed by atoms with van der Waals surface area (Å²) in [6.07, 6.45) is 14.0. The number of nitrogens with zero attached hydrogens (tertiary/aromatic N) is 2. The van der Waals surface area contributed by atoms with Crippen LogP contribution in [0.2, 0.25) is 0 Å². The molecule has 19 heavy (non-hydrogen) atoms. The van der Waals surface area contributed by atoms with Gasteiger partial charge in [0.15, 0.2) is 0 Å². The van der Waals surface area contributed by atoms with Gasteiger partial charge in [-0.1, -0.05) is 32.1 Å². The van der Waals surface area contributed by atoms with Gasteiger partial charge < -0.3 is 9.80 Å². The van der Waals surface area contributed by atoms with Crippen LogP contribution in [0.1, 0.15) is 26.7 Å². The Hall–Kier alpha value is -0.830. The molecule has 1 fully saturated rings. The van der Waals surface area contributed by atoms with E-state index >= 15 is 0 Å². The van der Waals surface area contributed by atoms with E-state index in [1.54, 1.807) is 0 Å². The quantitative estimate of drug-likeness (QED) is 0.760. The third-order valence-corrected chi connectivity index (χ3v) is 4.76. The molecule has 0 saturated carbocycles. The molecule has 1 atom stereocenters. The van der Waals surface area contributed by atoms with Crippen LogP contribution < -0.4 is 0 Å². The molecule has 0 bridgehead atoms. The van der Waals surface area contributed by atoms with Gasteiger partial charge in [-0.25, -0.2) is 0 Å². The summed E-state index contributed by atoms with van der Waals surface area (Å²) >= 11 is 2.04. The van der Waals surface area contributed by atoms with Crippen LogP contribution in [-0.4, -0.2) is 47.0 Å². The molecule has 0 amide bonds. The molecule has 1 heterocycles. The third kappa shape index (κ3) is 4.34. The molecule has 0 aromatic rings. The van der Waals surface area contributed by atoms with E-state index in [2.05, 4.69) is 54.2 Å². The van der Waals surface area contributed by atoms with Crippen molar-refractivity contribution in [1.29, 1.82) is 0 Å². The van der Waals surface area contributed by atoms with Gasteiger partial charge in [0.05, 0.1) is 0 Å². The Morgan fingerprint density at radius 1 is 1.26 bits per heavy atom. The number of thioether (sulfide) groups is 1. The molecule has 0 spiro atoms. The zero-order valence-electron chi connectivity index (χ0n) is 12.2. The van der Waals surface area contributed by atoms with Gasteiger partial charge in [0.25, 0.3) is 0 Å². The highest BCUT2D eigenvalue weighted by Gasteiger charge is 2.17. The summed E-state index contributed by atoms with van der Waals surface area (Å²) in [5.74, 6) is 1.21. The fourth-order valence-electron chi connectivity index (χ4n) is 2.55. The van der Waals surface area contributed by atoms with E-state index in [0.717, 1.165) is 32.6 Å². The summed E-state index contributed by atoms with van der Waals surface area (Å²) in [6.45, 7) is 9.02. The van der Waals surface area contributed by atoms with Gasteiger partial charge in [0, 0.05) is 37.1 Å². The first-order valence-electron chi connectivity index (χ1n) is 7.49. The second-order valence-corrected chi connectivity index (χ2v) is 6.55. The Morgan fingerprint density at radius 3 is 2.63 bits per heavy atom. The molecule has 2 rings (SSSR count). The van der Waals surface area contributed by atoms with Gasteiger partial charge in [0.1, 0.15) is 0 Å². The Balaban J connectivity index is 1.79. The maximum absolute atomic E-state index is 2.53. The largest absolute Gasteiger partial charge is 0.374 e. The van der Waals surface area contributed by atoms with Crippen molar-refractivity contribution in [3.63, 3.8) is 0 Å². The molecular formula is C16H26N2S. The lowest BCUT2D eigenvalue weighted by atomic mass is 10.1. The van der Waals surface area contributed by atoms with E-state index < -0.39 is 0 Å². The average molecular weight is 278 g/mol. The van der Waals surface area contributed by atoms with Crippen molar-refractivity contribution in [2.45, 2.75) is 31.9 Å². The molecular weight excluding hydrogens is 252 g/mol. The molecule has 0 aromatic heterocycles. The van der Waals surface area contributed by atoms with Crippen LogP contribution in [-0.2, 0) is 0 Å². The highest BCUT2D eigenvalue weighted by molar-refractivity contribution is 8.00. The number of allylic oxidation sites excluding steroid dienone is 3. The second kappa shape index (κ2) is 7.68. The lowest BCUT2D eigenvalue weighted by molar-refractivity contribution is 0.208. The predicted octanol–water partition coefficient (Wildman–Crippen LogP) is 3.49. The fraction of sp³-hybridized carbons (Fsp3) is 0.625. The van der Waals surface area contributed by atoms with Crippen molar-refractivity contribution in [2.24, 2.45) is 0 Å². The molecule has 0 N–H and O–H groups in total. The van der Waals surface area contributed by atoms with Gasteiger partial charge in [-0.15, -0.1) is 0 Å². The summed E-state index contributed by atoms with van der Waals surface area (Å²) in [6, 6.07) is 0. The maximum atomic E-state index is 2.53. The molecule has 1 aliphatic heterocycles. The Bertz CT molecular complexity index is 352. The minimum absolute atomic E-state index is 0.697. The first kappa shape index (κ1) is 14.6. The van der Waals surface area contributed by atoms with E-state index in [-0.39, 0.29) is 0 Å². The van der Waals surface area contributed by atoms with E-state index in [9.17, 15) is 0 Å². The second-order valence-electron chi connectivity index (χ2n) is 5.03. The number of hydrogen-bond donors (Lipinski definition) is 0. The number of hydrogen-bond acceptors (Lipinski definition) is 3. The Kier molecular flexibility index (Phi) is 5.90. The Morgan fingerprint density at radius 2 is 2.05 bits per heavy atom. The number of rotatable bonds is 5. The van der Waals surface area contributed by atoms with Gasteiger partial charge >= 0.3 is 0 Å². The van der Waals surface area contributed by atoms with Gasteiger partial charge in [-0.3, -0.25) is 0 Å². The van der Waals surface area contributed by atoms with Gasteiger partial charge in [-0.2, -0.15) is 11.8 Å². The van der Waals surface area contributed by atoms with E-state index in [1.165, 1.54) is 17.9 Å². The van der Waals surface area contributed by atoms with Gasteiger partial charge in [-0.05, 0) is 30.9 Å². The van der Waals surface area contributed by atoms with Crippen LogP contribution in [0.4, 0.5) is 0 Å². The summed E-state index contributed by atoms with van der Waals surface area (Å²) in [5, 5.41) is 0.697. The maximum Gasteiger partial charge on any atom is 0.0354 e. The van der Waals surface area contributed by atoms with Crippen molar-refractivity contribution in [3.05, 3.63) is 36.2 Å². The summed E-state index contributed by atoms with van der Waals surface area (Å²) in [5.41, 5.74) is 1.44. The average Bonchev–Trinajstić information content (AvgIpc) is 2.47. The van der Waals surface area contributed by atoms with Crippen molar-refractivity contribution in [3.8, 4) is 0 Å². The van der Waals surface area contributed by atoms with Crippen LogP contribution in [0, 0.1) is 0 Å². The monoisotopic (exact) mass is 278 g/mol. The van der Waals surface area contributed by atoms with E-state index in [0.29, 0.717) is 5.25 Å². The molecule has 2 nitrogen and oxygen atoms in total. The van der Waals surface area contributed by atoms with Gasteiger partial charge in [0.2, 0.25) is 0 Å². The summed E-state index contributed by atoms with van der Waals surface area (Å²) in [4.78, 5) is 4.96. The first-order valence-corrected chi connectivity index (χ1v) is 8.54. The minimum Gasteiger partial charge on any atom is -0.374 e. The smallest absolute Gasteiger partial charge is 0.0354 e. The lowest BCUT2D eigenvalue weighted by Gasteiger charge is -2.37. The molecule has 2 aliphatic rings. The number of piperazine rings is 1. The standard InChI is InChI=1S/C16H26N2S/c1-3-5-10-17-11-13-18(14-12-17)15-6-8-16(9-7-15)19-4-2/h5-8,10,16H,3-4,9,11-14H2,1-2H3. The molecule has 0 radical (unpaired) electrons. The van der Waals surface area contributed by atoms with E-state index in [1.807, 2.05) is 11.8 Å². The summed E-state index contributed by atoms with van der Waals surface area (Å²) in [7, 11) is 0. The zero-order chi connectivity index (χ0) is 13.5. The summed E-state index contributed by atoms with van der Waals surface area (Å²) < 4.78 is 0.